The maximum atomic E-state index is 9.24. The maximum absolute atomic E-state index is 9.24. The largest absolute Gasteiger partial charge is 0.393 e. The van der Waals surface area contributed by atoms with Crippen LogP contribution in [0.25, 0.3) is 0 Å². The summed E-state index contributed by atoms with van der Waals surface area (Å²) in [4.78, 5) is 0. The normalized spacial score (nSPS) is 13.3. The lowest BCUT2D eigenvalue weighted by Gasteiger charge is -2.09. The fraction of sp³-hybridized carbons (Fsp3) is 0.500. The highest BCUT2D eigenvalue weighted by molar-refractivity contribution is 5.26. The molecule has 72 valence electrons. The van der Waals surface area contributed by atoms with E-state index in [1.165, 1.54) is 11.1 Å². The number of benzene rings is 1. The molecule has 0 fully saturated rings. The molecule has 0 spiro atoms. The third kappa shape index (κ3) is 3.19. The van der Waals surface area contributed by atoms with Gasteiger partial charge in [-0.25, -0.2) is 0 Å². The quantitative estimate of drug-likeness (QED) is 0.754. The topological polar surface area (TPSA) is 20.2 Å². The van der Waals surface area contributed by atoms with Gasteiger partial charge in [-0.15, -0.1) is 0 Å². The van der Waals surface area contributed by atoms with E-state index in [0.717, 1.165) is 6.42 Å². The molecule has 0 radical (unpaired) electrons. The van der Waals surface area contributed by atoms with E-state index in [-0.39, 0.29) is 6.10 Å². The molecule has 0 aromatic heterocycles. The van der Waals surface area contributed by atoms with Crippen LogP contribution in [0.1, 0.15) is 37.8 Å². The molecular formula is C12H18O. The molecule has 1 rings (SSSR count). The van der Waals surface area contributed by atoms with Crippen molar-refractivity contribution in [2.45, 2.75) is 39.2 Å². The Hall–Kier alpha value is -0.820. The van der Waals surface area contributed by atoms with E-state index in [1.807, 2.05) is 6.92 Å². The average Bonchev–Trinajstić information content (AvgIpc) is 2.03. The van der Waals surface area contributed by atoms with Gasteiger partial charge < -0.3 is 5.11 Å². The van der Waals surface area contributed by atoms with E-state index in [1.54, 1.807) is 0 Å². The van der Waals surface area contributed by atoms with Gasteiger partial charge in [0.2, 0.25) is 0 Å². The summed E-state index contributed by atoms with van der Waals surface area (Å²) in [6.45, 7) is 6.19. The van der Waals surface area contributed by atoms with E-state index < -0.39 is 0 Å². The summed E-state index contributed by atoms with van der Waals surface area (Å²) in [6.07, 6.45) is 0.503. The van der Waals surface area contributed by atoms with Gasteiger partial charge >= 0.3 is 0 Å². The van der Waals surface area contributed by atoms with Crippen molar-refractivity contribution < 1.29 is 5.11 Å². The summed E-state index contributed by atoms with van der Waals surface area (Å²) >= 11 is 0. The van der Waals surface area contributed by atoms with E-state index in [9.17, 15) is 5.11 Å². The molecule has 0 unspecified atom stereocenters. The first-order chi connectivity index (χ1) is 6.09. The van der Waals surface area contributed by atoms with Crippen LogP contribution in [0.4, 0.5) is 0 Å². The molecule has 0 heterocycles. The molecule has 0 saturated carbocycles. The zero-order valence-corrected chi connectivity index (χ0v) is 8.62. The third-order valence-corrected chi connectivity index (χ3v) is 2.15. The smallest absolute Gasteiger partial charge is 0.0552 e. The summed E-state index contributed by atoms with van der Waals surface area (Å²) in [5, 5.41) is 9.24. The van der Waals surface area contributed by atoms with Crippen molar-refractivity contribution in [1.29, 1.82) is 0 Å². The van der Waals surface area contributed by atoms with Gasteiger partial charge in [-0.2, -0.15) is 0 Å². The number of aliphatic hydroxyl groups excluding tert-OH is 1. The second kappa shape index (κ2) is 4.43. The summed E-state index contributed by atoms with van der Waals surface area (Å²) in [5.41, 5.74) is 2.57. The first-order valence-electron chi connectivity index (χ1n) is 4.86. The summed E-state index contributed by atoms with van der Waals surface area (Å²) in [5.74, 6) is 0.564. The lowest BCUT2D eigenvalue weighted by molar-refractivity contribution is 0.195. The van der Waals surface area contributed by atoms with Crippen LogP contribution in [0, 0.1) is 0 Å². The van der Waals surface area contributed by atoms with E-state index in [2.05, 4.69) is 38.1 Å². The third-order valence-electron chi connectivity index (χ3n) is 2.15. The molecule has 0 aliphatic heterocycles. The molecule has 13 heavy (non-hydrogen) atoms. The number of hydrogen-bond acceptors (Lipinski definition) is 1. The van der Waals surface area contributed by atoms with E-state index in [4.69, 9.17) is 0 Å². The fourth-order valence-corrected chi connectivity index (χ4v) is 1.42. The zero-order chi connectivity index (χ0) is 9.84. The van der Waals surface area contributed by atoms with Crippen molar-refractivity contribution >= 4 is 0 Å². The molecule has 1 aromatic carbocycles. The van der Waals surface area contributed by atoms with E-state index >= 15 is 0 Å². The Balaban J connectivity index is 2.79. The Bertz CT molecular complexity index is 264. The molecule has 0 bridgehead atoms. The zero-order valence-electron chi connectivity index (χ0n) is 8.62. The van der Waals surface area contributed by atoms with Gasteiger partial charge in [-0.05, 0) is 30.4 Å². The minimum absolute atomic E-state index is 0.248. The highest BCUT2D eigenvalue weighted by Crippen LogP contribution is 2.16. The highest BCUT2D eigenvalue weighted by Gasteiger charge is 2.02. The van der Waals surface area contributed by atoms with Crippen molar-refractivity contribution in [1.82, 2.24) is 0 Å². The molecule has 0 saturated heterocycles. The Morgan fingerprint density at radius 2 is 1.92 bits per heavy atom. The number of rotatable bonds is 3. The van der Waals surface area contributed by atoms with Crippen molar-refractivity contribution in [3.05, 3.63) is 35.4 Å². The first kappa shape index (κ1) is 10.3. The predicted octanol–water partition coefficient (Wildman–Crippen LogP) is 2.73. The highest BCUT2D eigenvalue weighted by atomic mass is 16.3. The first-order valence-corrected chi connectivity index (χ1v) is 4.86. The van der Waals surface area contributed by atoms with Gasteiger partial charge in [-0.1, -0.05) is 38.1 Å². The standard InChI is InChI=1S/C12H18O/c1-9(2)12-6-4-5-11(8-12)7-10(3)13/h4-6,8-10,13H,7H2,1-3H3/t10-/m0/s1. The van der Waals surface area contributed by atoms with Crippen LogP contribution in [0.3, 0.4) is 0 Å². The maximum Gasteiger partial charge on any atom is 0.0552 e. The minimum Gasteiger partial charge on any atom is -0.393 e. The van der Waals surface area contributed by atoms with Crippen molar-refractivity contribution in [2.75, 3.05) is 0 Å². The van der Waals surface area contributed by atoms with Gasteiger partial charge in [0.15, 0.2) is 0 Å². The lowest BCUT2D eigenvalue weighted by Crippen LogP contribution is -2.04. The van der Waals surface area contributed by atoms with Crippen LogP contribution in [-0.2, 0) is 6.42 Å². The molecule has 1 aromatic rings. The van der Waals surface area contributed by atoms with Gasteiger partial charge in [0.1, 0.15) is 0 Å². The fourth-order valence-electron chi connectivity index (χ4n) is 1.42. The molecular weight excluding hydrogens is 160 g/mol. The molecule has 0 aliphatic rings. The summed E-state index contributed by atoms with van der Waals surface area (Å²) in [7, 11) is 0. The SMILES string of the molecule is CC(C)c1cccc(C[C@H](C)O)c1. The van der Waals surface area contributed by atoms with Crippen LogP contribution in [-0.4, -0.2) is 11.2 Å². The lowest BCUT2D eigenvalue weighted by atomic mass is 9.99. The van der Waals surface area contributed by atoms with Crippen LogP contribution >= 0.6 is 0 Å². The van der Waals surface area contributed by atoms with Crippen molar-refractivity contribution in [3.8, 4) is 0 Å². The van der Waals surface area contributed by atoms with Gasteiger partial charge in [0.05, 0.1) is 6.10 Å². The summed E-state index contributed by atoms with van der Waals surface area (Å²) in [6, 6.07) is 8.44. The minimum atomic E-state index is -0.248. The average molecular weight is 178 g/mol. The number of aliphatic hydroxyl groups is 1. The van der Waals surface area contributed by atoms with Crippen molar-refractivity contribution in [2.24, 2.45) is 0 Å². The Labute approximate surface area is 80.4 Å². The van der Waals surface area contributed by atoms with Gasteiger partial charge in [-0.3, -0.25) is 0 Å². The molecule has 1 nitrogen and oxygen atoms in total. The van der Waals surface area contributed by atoms with Crippen LogP contribution in [0.15, 0.2) is 24.3 Å². The molecule has 1 N–H and O–H groups in total. The molecule has 0 aliphatic carbocycles. The Morgan fingerprint density at radius 1 is 1.23 bits per heavy atom. The van der Waals surface area contributed by atoms with Gasteiger partial charge in [0.25, 0.3) is 0 Å². The molecule has 1 heteroatoms. The second-order valence-electron chi connectivity index (χ2n) is 3.95. The summed E-state index contributed by atoms with van der Waals surface area (Å²) < 4.78 is 0. The number of hydrogen-bond donors (Lipinski definition) is 1. The molecule has 1 atom stereocenters. The van der Waals surface area contributed by atoms with E-state index in [0.29, 0.717) is 5.92 Å². The van der Waals surface area contributed by atoms with Crippen LogP contribution < -0.4 is 0 Å². The second-order valence-corrected chi connectivity index (χ2v) is 3.95. The van der Waals surface area contributed by atoms with Crippen LogP contribution in [0.5, 0.6) is 0 Å². The van der Waals surface area contributed by atoms with Crippen molar-refractivity contribution in [3.63, 3.8) is 0 Å². The monoisotopic (exact) mass is 178 g/mol. The van der Waals surface area contributed by atoms with Crippen LogP contribution in [0.2, 0.25) is 0 Å². The Morgan fingerprint density at radius 3 is 2.46 bits per heavy atom. The predicted molar refractivity (Wildman–Crippen MR) is 55.9 cm³/mol. The Kier molecular flexibility index (Phi) is 3.49. The molecule has 0 amide bonds. The van der Waals surface area contributed by atoms with Gasteiger partial charge in [0, 0.05) is 0 Å².